The van der Waals surface area contributed by atoms with E-state index < -0.39 is 10.0 Å². The summed E-state index contributed by atoms with van der Waals surface area (Å²) in [6.07, 6.45) is 4.93. The first-order valence-electron chi connectivity index (χ1n) is 10.3. The summed E-state index contributed by atoms with van der Waals surface area (Å²) < 4.78 is 28.5. The van der Waals surface area contributed by atoms with Crippen LogP contribution in [0.1, 0.15) is 48.5 Å². The predicted molar refractivity (Wildman–Crippen MR) is 114 cm³/mol. The second-order valence-corrected chi connectivity index (χ2v) is 10.3. The number of sulfonamides is 1. The number of anilines is 1. The number of rotatable bonds is 6. The molecule has 0 heterocycles. The predicted octanol–water partition coefficient (Wildman–Crippen LogP) is 4.35. The molecule has 2 N–H and O–H groups in total. The Morgan fingerprint density at radius 2 is 1.83 bits per heavy atom. The van der Waals surface area contributed by atoms with Gasteiger partial charge in [0.25, 0.3) is 5.91 Å². The second-order valence-electron chi connectivity index (χ2n) is 8.60. The number of hydrogen-bond donors (Lipinski definition) is 2. The summed E-state index contributed by atoms with van der Waals surface area (Å²) in [5.74, 6) is 1.67. The van der Waals surface area contributed by atoms with Crippen molar-refractivity contribution in [2.24, 2.45) is 17.8 Å². The van der Waals surface area contributed by atoms with Crippen molar-refractivity contribution >= 4 is 21.6 Å². The Labute approximate surface area is 173 Å². The lowest BCUT2D eigenvalue weighted by Gasteiger charge is -2.28. The van der Waals surface area contributed by atoms with Gasteiger partial charge in [0.05, 0.1) is 4.90 Å². The minimum absolute atomic E-state index is 0.0593. The maximum atomic E-state index is 12.8. The third-order valence-electron chi connectivity index (χ3n) is 6.48. The molecule has 0 radical (unpaired) electrons. The van der Waals surface area contributed by atoms with Crippen molar-refractivity contribution in [1.29, 1.82) is 0 Å². The number of fused-ring (bicyclic) bond motifs is 2. The van der Waals surface area contributed by atoms with Gasteiger partial charge in [0.2, 0.25) is 10.0 Å². The molecule has 2 aliphatic carbocycles. The smallest absolute Gasteiger partial charge is 0.255 e. The summed E-state index contributed by atoms with van der Waals surface area (Å²) in [7, 11) is -3.58. The Morgan fingerprint density at radius 3 is 2.45 bits per heavy atom. The molecule has 2 aromatic rings. The summed E-state index contributed by atoms with van der Waals surface area (Å²) in [6, 6.07) is 13.6. The van der Waals surface area contributed by atoms with Gasteiger partial charge in [-0.1, -0.05) is 24.1 Å². The first-order chi connectivity index (χ1) is 13.8. The van der Waals surface area contributed by atoms with Crippen molar-refractivity contribution in [3.05, 3.63) is 59.7 Å². The van der Waals surface area contributed by atoms with Crippen molar-refractivity contribution in [3.8, 4) is 0 Å². The number of hydrogen-bond acceptors (Lipinski definition) is 3. The maximum Gasteiger partial charge on any atom is 0.255 e. The van der Waals surface area contributed by atoms with E-state index >= 15 is 0 Å². The van der Waals surface area contributed by atoms with Crippen LogP contribution >= 0.6 is 0 Å². The average molecular weight is 413 g/mol. The number of carbonyl (C=O) groups is 1. The normalized spacial score (nSPS) is 24.4. The van der Waals surface area contributed by atoms with Gasteiger partial charge in [-0.3, -0.25) is 4.79 Å². The lowest BCUT2D eigenvalue weighted by molar-refractivity contribution is 0.102. The monoisotopic (exact) mass is 412 g/mol. The summed E-state index contributed by atoms with van der Waals surface area (Å²) in [5.41, 5.74) is 2.15. The summed E-state index contributed by atoms with van der Waals surface area (Å²) in [6.45, 7) is 3.92. The number of aryl methyl sites for hydroxylation is 1. The van der Waals surface area contributed by atoms with E-state index in [0.717, 1.165) is 17.9 Å². The van der Waals surface area contributed by atoms with Crippen LogP contribution in [0.25, 0.3) is 0 Å². The van der Waals surface area contributed by atoms with Crippen LogP contribution in [0.5, 0.6) is 0 Å². The Kier molecular flexibility index (Phi) is 5.49. The lowest BCUT2D eigenvalue weighted by atomic mass is 9.84. The first kappa shape index (κ1) is 20.1. The Balaban J connectivity index is 1.40. The third-order valence-corrected chi connectivity index (χ3v) is 8.05. The molecule has 0 aromatic heterocycles. The highest BCUT2D eigenvalue weighted by atomic mass is 32.2. The van der Waals surface area contributed by atoms with Gasteiger partial charge in [0, 0.05) is 17.3 Å². The van der Waals surface area contributed by atoms with Crippen molar-refractivity contribution in [2.45, 2.75) is 50.5 Å². The Bertz CT molecular complexity index is 1000. The van der Waals surface area contributed by atoms with Gasteiger partial charge < -0.3 is 5.32 Å². The molecule has 0 spiro atoms. The molecule has 5 nitrogen and oxygen atoms in total. The molecular weight excluding hydrogens is 384 g/mol. The molecule has 2 bridgehead atoms. The number of nitrogens with one attached hydrogen (secondary N) is 2. The quantitative estimate of drug-likeness (QED) is 0.741. The van der Waals surface area contributed by atoms with Crippen molar-refractivity contribution in [3.63, 3.8) is 0 Å². The van der Waals surface area contributed by atoms with Crippen LogP contribution < -0.4 is 10.0 Å². The van der Waals surface area contributed by atoms with E-state index in [-0.39, 0.29) is 16.8 Å². The van der Waals surface area contributed by atoms with Gasteiger partial charge in [-0.2, -0.15) is 0 Å². The van der Waals surface area contributed by atoms with Gasteiger partial charge in [0.15, 0.2) is 0 Å². The molecule has 2 aliphatic rings. The van der Waals surface area contributed by atoms with Gasteiger partial charge in [-0.25, -0.2) is 13.1 Å². The van der Waals surface area contributed by atoms with E-state index in [9.17, 15) is 13.2 Å². The molecule has 4 rings (SSSR count). The van der Waals surface area contributed by atoms with Crippen LogP contribution in [-0.4, -0.2) is 20.4 Å². The molecule has 0 aliphatic heterocycles. The van der Waals surface area contributed by atoms with E-state index in [4.69, 9.17) is 0 Å². The van der Waals surface area contributed by atoms with Crippen LogP contribution in [0.2, 0.25) is 0 Å². The average Bonchev–Trinajstić information content (AvgIpc) is 3.32. The van der Waals surface area contributed by atoms with Crippen molar-refractivity contribution < 1.29 is 13.2 Å². The molecule has 2 aromatic carbocycles. The topological polar surface area (TPSA) is 75.3 Å². The molecular formula is C23H28N2O3S. The zero-order chi connectivity index (χ0) is 20.6. The zero-order valence-electron chi connectivity index (χ0n) is 16.9. The lowest BCUT2D eigenvalue weighted by Crippen LogP contribution is -2.40. The molecule has 4 atom stereocenters. The minimum atomic E-state index is -3.58. The molecule has 0 saturated heterocycles. The van der Waals surface area contributed by atoms with Crippen LogP contribution in [0.3, 0.4) is 0 Å². The summed E-state index contributed by atoms with van der Waals surface area (Å²) in [4.78, 5) is 12.6. The molecule has 2 fully saturated rings. The van der Waals surface area contributed by atoms with Crippen molar-refractivity contribution in [2.75, 3.05) is 5.32 Å². The van der Waals surface area contributed by atoms with Crippen LogP contribution in [0, 0.1) is 24.7 Å². The highest BCUT2D eigenvalue weighted by Gasteiger charge is 2.42. The molecule has 2 saturated carbocycles. The van der Waals surface area contributed by atoms with Crippen LogP contribution in [0.4, 0.5) is 5.69 Å². The fraction of sp³-hybridized carbons (Fsp3) is 0.435. The number of amides is 1. The van der Waals surface area contributed by atoms with Gasteiger partial charge in [0.1, 0.15) is 0 Å². The van der Waals surface area contributed by atoms with Gasteiger partial charge >= 0.3 is 0 Å². The third kappa shape index (κ3) is 4.38. The minimum Gasteiger partial charge on any atom is -0.322 e. The molecule has 6 heteroatoms. The number of carbonyl (C=O) groups excluding carboxylic acids is 1. The SMILES string of the molecule is Cc1cccc(C(=O)Nc2ccc(S(=O)(=O)N[C@@H](C)[C@H]3C[C@@H]4CC[C@@H]3C4)cc2)c1. The highest BCUT2D eigenvalue weighted by Crippen LogP contribution is 2.49. The molecule has 154 valence electrons. The highest BCUT2D eigenvalue weighted by molar-refractivity contribution is 7.89. The van der Waals surface area contributed by atoms with E-state index in [1.165, 1.54) is 19.3 Å². The standard InChI is InChI=1S/C23H28N2O3S/c1-15-4-3-5-19(12-15)23(26)24-20-8-10-21(11-9-20)29(27,28)25-16(2)22-14-17-6-7-18(22)13-17/h3-5,8-12,16-18,22,25H,6-7,13-14H2,1-2H3,(H,24,26)/t16-,17+,18+,22+/m0/s1. The number of benzene rings is 2. The molecule has 1 amide bonds. The maximum absolute atomic E-state index is 12.8. The van der Waals surface area contributed by atoms with Gasteiger partial charge in [-0.15, -0.1) is 0 Å². The van der Waals surface area contributed by atoms with E-state index in [0.29, 0.717) is 23.1 Å². The zero-order valence-corrected chi connectivity index (χ0v) is 17.7. The Morgan fingerprint density at radius 1 is 1.07 bits per heavy atom. The first-order valence-corrected chi connectivity index (χ1v) is 11.8. The molecule has 0 unspecified atom stereocenters. The molecule has 29 heavy (non-hydrogen) atoms. The largest absolute Gasteiger partial charge is 0.322 e. The summed E-state index contributed by atoms with van der Waals surface area (Å²) in [5, 5.41) is 2.81. The van der Waals surface area contributed by atoms with Gasteiger partial charge in [-0.05, 0) is 87.3 Å². The summed E-state index contributed by atoms with van der Waals surface area (Å²) >= 11 is 0. The van der Waals surface area contributed by atoms with Crippen LogP contribution in [0.15, 0.2) is 53.4 Å². The van der Waals surface area contributed by atoms with Crippen molar-refractivity contribution in [1.82, 2.24) is 4.72 Å². The second kappa shape index (κ2) is 7.92. The van der Waals surface area contributed by atoms with E-state index in [1.807, 2.05) is 32.0 Å². The Hall–Kier alpha value is -2.18. The van der Waals surface area contributed by atoms with E-state index in [2.05, 4.69) is 10.0 Å². The van der Waals surface area contributed by atoms with E-state index in [1.54, 1.807) is 30.3 Å². The fourth-order valence-corrected chi connectivity index (χ4v) is 6.31. The van der Waals surface area contributed by atoms with Crippen LogP contribution in [-0.2, 0) is 10.0 Å². The fourth-order valence-electron chi connectivity index (χ4n) is 5.01.